The molecule has 0 spiro atoms. The van der Waals surface area contributed by atoms with E-state index in [0.29, 0.717) is 24.5 Å². The van der Waals surface area contributed by atoms with Crippen molar-refractivity contribution < 1.29 is 13.9 Å². The number of nitrogens with zero attached hydrogens (tertiary/aromatic N) is 1. The summed E-state index contributed by atoms with van der Waals surface area (Å²) in [6, 6.07) is 4.43. The van der Waals surface area contributed by atoms with E-state index in [4.69, 9.17) is 4.42 Å². The number of phenols is 1. The zero-order valence-corrected chi connectivity index (χ0v) is 9.40. The Labute approximate surface area is 98.1 Å². The summed E-state index contributed by atoms with van der Waals surface area (Å²) in [6.45, 7) is 2.60. The quantitative estimate of drug-likeness (QED) is 0.853. The van der Waals surface area contributed by atoms with Crippen molar-refractivity contribution in [2.24, 2.45) is 0 Å². The van der Waals surface area contributed by atoms with Gasteiger partial charge in [0, 0.05) is 12.1 Å². The van der Waals surface area contributed by atoms with Gasteiger partial charge in [0.15, 0.2) is 11.6 Å². The maximum absolute atomic E-state index is 13.0. The van der Waals surface area contributed by atoms with Crippen molar-refractivity contribution in [2.75, 3.05) is 0 Å². The molecule has 0 unspecified atom stereocenters. The molecule has 0 radical (unpaired) electrons. The number of hydrogen-bond acceptors (Lipinski definition) is 4. The van der Waals surface area contributed by atoms with Crippen LogP contribution in [0.2, 0.25) is 0 Å². The van der Waals surface area contributed by atoms with Crippen molar-refractivity contribution in [3.05, 3.63) is 47.4 Å². The molecule has 2 N–H and O–H groups in total. The van der Waals surface area contributed by atoms with Gasteiger partial charge in [-0.15, -0.1) is 0 Å². The molecule has 0 saturated carbocycles. The summed E-state index contributed by atoms with van der Waals surface area (Å²) in [5.41, 5.74) is 0.508. The Morgan fingerprint density at radius 1 is 1.41 bits per heavy atom. The predicted molar refractivity (Wildman–Crippen MR) is 59.8 cm³/mol. The maximum Gasteiger partial charge on any atom is 0.208 e. The van der Waals surface area contributed by atoms with Gasteiger partial charge < -0.3 is 14.8 Å². The summed E-state index contributed by atoms with van der Waals surface area (Å²) in [7, 11) is 0. The van der Waals surface area contributed by atoms with Crippen LogP contribution in [-0.4, -0.2) is 10.1 Å². The van der Waals surface area contributed by atoms with Crippen molar-refractivity contribution in [2.45, 2.75) is 20.0 Å². The summed E-state index contributed by atoms with van der Waals surface area (Å²) in [6.07, 6.45) is 1.64. The van der Waals surface area contributed by atoms with E-state index < -0.39 is 5.82 Å². The highest BCUT2D eigenvalue weighted by atomic mass is 19.1. The minimum Gasteiger partial charge on any atom is -0.505 e. The Morgan fingerprint density at radius 3 is 2.94 bits per heavy atom. The normalized spacial score (nSPS) is 10.7. The number of aromatic hydroxyl groups is 1. The number of nitrogens with one attached hydrogen (secondary N) is 1. The number of aryl methyl sites for hydroxylation is 1. The second-order valence-corrected chi connectivity index (χ2v) is 3.72. The molecular formula is C12H13FN2O2. The first kappa shape index (κ1) is 11.6. The Morgan fingerprint density at radius 2 is 2.24 bits per heavy atom. The average molecular weight is 236 g/mol. The monoisotopic (exact) mass is 236 g/mol. The fraction of sp³-hybridized carbons (Fsp3) is 0.250. The second-order valence-electron chi connectivity index (χ2n) is 3.72. The van der Waals surface area contributed by atoms with Gasteiger partial charge in [-0.3, -0.25) is 0 Å². The molecule has 0 aliphatic carbocycles. The first-order chi connectivity index (χ1) is 8.16. The van der Waals surface area contributed by atoms with Gasteiger partial charge in [-0.2, -0.15) is 0 Å². The Balaban J connectivity index is 1.92. The molecule has 0 amide bonds. The lowest BCUT2D eigenvalue weighted by atomic mass is 10.2. The van der Waals surface area contributed by atoms with E-state index >= 15 is 0 Å². The first-order valence-corrected chi connectivity index (χ1v) is 5.25. The van der Waals surface area contributed by atoms with E-state index in [-0.39, 0.29) is 5.75 Å². The Kier molecular flexibility index (Phi) is 3.39. The van der Waals surface area contributed by atoms with E-state index in [1.807, 2.05) is 6.92 Å². The number of phenolic OH excluding ortho intramolecular Hbond substituents is 1. The van der Waals surface area contributed by atoms with Crippen LogP contribution in [0.1, 0.15) is 17.2 Å². The fourth-order valence-electron chi connectivity index (χ4n) is 1.49. The van der Waals surface area contributed by atoms with E-state index in [1.165, 1.54) is 6.07 Å². The average Bonchev–Trinajstić information content (AvgIpc) is 2.70. The molecule has 1 aromatic heterocycles. The number of benzene rings is 1. The third kappa shape index (κ3) is 2.82. The van der Waals surface area contributed by atoms with Crippen molar-refractivity contribution in [3.8, 4) is 5.75 Å². The van der Waals surface area contributed by atoms with Gasteiger partial charge in [-0.25, -0.2) is 9.37 Å². The van der Waals surface area contributed by atoms with Gasteiger partial charge in [0.05, 0.1) is 12.7 Å². The summed E-state index contributed by atoms with van der Waals surface area (Å²) in [4.78, 5) is 4.02. The molecule has 0 aliphatic rings. The highest BCUT2D eigenvalue weighted by Crippen LogP contribution is 2.20. The van der Waals surface area contributed by atoms with E-state index in [0.717, 1.165) is 5.76 Å². The number of halogens is 1. The fourth-order valence-corrected chi connectivity index (χ4v) is 1.49. The molecule has 0 aliphatic heterocycles. The topological polar surface area (TPSA) is 58.3 Å². The van der Waals surface area contributed by atoms with Crippen molar-refractivity contribution >= 4 is 0 Å². The molecule has 2 aromatic rings. The molecule has 1 heterocycles. The smallest absolute Gasteiger partial charge is 0.208 e. The Hall–Kier alpha value is -1.88. The van der Waals surface area contributed by atoms with Crippen LogP contribution in [-0.2, 0) is 13.1 Å². The minimum atomic E-state index is -0.615. The Bertz CT molecular complexity index is 511. The van der Waals surface area contributed by atoms with Crippen LogP contribution >= 0.6 is 0 Å². The number of hydrogen-bond donors (Lipinski definition) is 2. The first-order valence-electron chi connectivity index (χ1n) is 5.25. The van der Waals surface area contributed by atoms with Crippen LogP contribution in [0.4, 0.5) is 4.39 Å². The number of rotatable bonds is 4. The van der Waals surface area contributed by atoms with Crippen LogP contribution < -0.4 is 5.32 Å². The summed E-state index contributed by atoms with van der Waals surface area (Å²) in [5, 5.41) is 12.5. The summed E-state index contributed by atoms with van der Waals surface area (Å²) in [5.74, 6) is 0.383. The number of oxazole rings is 1. The molecule has 90 valence electrons. The van der Waals surface area contributed by atoms with Gasteiger partial charge in [0.25, 0.3) is 0 Å². The SMILES string of the molecule is Cc1cnc(CNCc2cccc(F)c2O)o1. The van der Waals surface area contributed by atoms with Crippen LogP contribution in [0.15, 0.2) is 28.8 Å². The molecule has 0 bridgehead atoms. The van der Waals surface area contributed by atoms with Crippen molar-refractivity contribution in [3.63, 3.8) is 0 Å². The maximum atomic E-state index is 13.0. The zero-order chi connectivity index (χ0) is 12.3. The lowest BCUT2D eigenvalue weighted by Gasteiger charge is -2.05. The second kappa shape index (κ2) is 4.97. The van der Waals surface area contributed by atoms with Crippen LogP contribution in [0, 0.1) is 12.7 Å². The van der Waals surface area contributed by atoms with Crippen molar-refractivity contribution in [1.29, 1.82) is 0 Å². The highest BCUT2D eigenvalue weighted by molar-refractivity contribution is 5.33. The molecule has 0 atom stereocenters. The standard InChI is InChI=1S/C12H13FN2O2/c1-8-5-15-11(17-8)7-14-6-9-3-2-4-10(13)12(9)16/h2-5,14,16H,6-7H2,1H3. The molecule has 1 aromatic carbocycles. The van der Waals surface area contributed by atoms with E-state index in [2.05, 4.69) is 10.3 Å². The van der Waals surface area contributed by atoms with Gasteiger partial charge in [0.1, 0.15) is 5.76 Å². The van der Waals surface area contributed by atoms with Crippen LogP contribution in [0.3, 0.4) is 0 Å². The predicted octanol–water partition coefficient (Wildman–Crippen LogP) is 2.12. The van der Waals surface area contributed by atoms with Gasteiger partial charge >= 0.3 is 0 Å². The summed E-state index contributed by atoms with van der Waals surface area (Å²) >= 11 is 0. The number of aromatic nitrogens is 1. The lowest BCUT2D eigenvalue weighted by molar-refractivity contribution is 0.418. The molecule has 5 heteroatoms. The van der Waals surface area contributed by atoms with E-state index in [9.17, 15) is 9.50 Å². The molecule has 0 fully saturated rings. The third-order valence-electron chi connectivity index (χ3n) is 2.33. The van der Waals surface area contributed by atoms with E-state index in [1.54, 1.807) is 18.3 Å². The molecule has 4 nitrogen and oxygen atoms in total. The molecule has 2 rings (SSSR count). The molecule has 17 heavy (non-hydrogen) atoms. The van der Waals surface area contributed by atoms with Crippen LogP contribution in [0.25, 0.3) is 0 Å². The molecular weight excluding hydrogens is 223 g/mol. The van der Waals surface area contributed by atoms with Crippen LogP contribution in [0.5, 0.6) is 5.75 Å². The minimum absolute atomic E-state index is 0.316. The van der Waals surface area contributed by atoms with Gasteiger partial charge in [-0.1, -0.05) is 12.1 Å². The summed E-state index contributed by atoms with van der Waals surface area (Å²) < 4.78 is 18.3. The largest absolute Gasteiger partial charge is 0.505 e. The van der Waals surface area contributed by atoms with Gasteiger partial charge in [-0.05, 0) is 13.0 Å². The third-order valence-corrected chi connectivity index (χ3v) is 2.33. The lowest BCUT2D eigenvalue weighted by Crippen LogP contribution is -2.13. The van der Waals surface area contributed by atoms with Gasteiger partial charge in [0.2, 0.25) is 5.89 Å². The van der Waals surface area contributed by atoms with Crippen molar-refractivity contribution in [1.82, 2.24) is 10.3 Å². The zero-order valence-electron chi connectivity index (χ0n) is 9.40. The molecule has 0 saturated heterocycles. The number of para-hydroxylation sites is 1. The highest BCUT2D eigenvalue weighted by Gasteiger charge is 2.06.